The maximum atomic E-state index is 5.26. The zero-order valence-corrected chi connectivity index (χ0v) is 10.1. The molecule has 0 spiro atoms. The van der Waals surface area contributed by atoms with Crippen molar-refractivity contribution in [1.82, 2.24) is 9.97 Å². The summed E-state index contributed by atoms with van der Waals surface area (Å²) in [5.74, 6) is 0.723. The maximum absolute atomic E-state index is 5.26. The van der Waals surface area contributed by atoms with Crippen LogP contribution in [0.15, 0.2) is 42.0 Å². The van der Waals surface area contributed by atoms with Gasteiger partial charge in [-0.15, -0.1) is 11.3 Å². The lowest BCUT2D eigenvalue weighted by Crippen LogP contribution is -1.89. The Morgan fingerprint density at radius 2 is 1.94 bits per heavy atom. The Hall–Kier alpha value is -1.94. The lowest BCUT2D eigenvalue weighted by molar-refractivity contribution is 0.417. The van der Waals surface area contributed by atoms with Crippen molar-refractivity contribution in [3.8, 4) is 17.0 Å². The third-order valence-electron chi connectivity index (χ3n) is 2.59. The van der Waals surface area contributed by atoms with Crippen molar-refractivity contribution in [1.29, 1.82) is 0 Å². The Balaban J connectivity index is 2.29. The van der Waals surface area contributed by atoms with E-state index in [-0.39, 0.29) is 0 Å². The highest BCUT2D eigenvalue weighted by molar-refractivity contribution is 7.17. The molecule has 17 heavy (non-hydrogen) atoms. The van der Waals surface area contributed by atoms with Crippen LogP contribution in [0.1, 0.15) is 0 Å². The lowest BCUT2D eigenvalue weighted by Gasteiger charge is -2.04. The minimum absolute atomic E-state index is 0.723. The summed E-state index contributed by atoms with van der Waals surface area (Å²) in [7, 11) is 1.64. The van der Waals surface area contributed by atoms with Crippen LogP contribution in [0.5, 0.6) is 5.75 Å². The highest BCUT2D eigenvalue weighted by Gasteiger charge is 2.11. The summed E-state index contributed by atoms with van der Waals surface area (Å²) < 4.78 is 6.32. The topological polar surface area (TPSA) is 35.0 Å². The molecule has 0 saturated carbocycles. The molecule has 0 saturated heterocycles. The molecule has 0 fully saturated rings. The van der Waals surface area contributed by atoms with E-state index in [2.05, 4.69) is 9.97 Å². The van der Waals surface area contributed by atoms with Gasteiger partial charge in [-0.25, -0.2) is 4.98 Å². The van der Waals surface area contributed by atoms with E-state index < -0.39 is 0 Å². The molecule has 3 aromatic rings. The molecule has 0 N–H and O–H groups in total. The lowest BCUT2D eigenvalue weighted by atomic mass is 10.1. The normalized spacial score (nSPS) is 10.6. The number of pyridine rings is 1. The predicted octanol–water partition coefficient (Wildman–Crippen LogP) is 3.37. The fourth-order valence-corrected chi connectivity index (χ4v) is 2.59. The van der Waals surface area contributed by atoms with Crippen molar-refractivity contribution in [3.05, 3.63) is 42.0 Å². The smallest absolute Gasteiger partial charge is 0.164 e. The molecule has 2 aromatic heterocycles. The second kappa shape index (κ2) is 4.14. The minimum atomic E-state index is 0.723. The number of aromatic nitrogens is 2. The van der Waals surface area contributed by atoms with Crippen LogP contribution >= 0.6 is 11.3 Å². The zero-order valence-electron chi connectivity index (χ0n) is 9.25. The Labute approximate surface area is 103 Å². The molecule has 84 valence electrons. The van der Waals surface area contributed by atoms with Gasteiger partial charge < -0.3 is 4.74 Å². The first-order valence-corrected chi connectivity index (χ1v) is 6.09. The molecule has 2 heterocycles. The molecule has 1 aromatic carbocycles. The fraction of sp³-hybridized carbons (Fsp3) is 0.0769. The van der Waals surface area contributed by atoms with Crippen molar-refractivity contribution in [2.45, 2.75) is 0 Å². The van der Waals surface area contributed by atoms with Crippen molar-refractivity contribution in [2.24, 2.45) is 0 Å². The van der Waals surface area contributed by atoms with Gasteiger partial charge in [-0.2, -0.15) is 0 Å². The number of methoxy groups -OCH3 is 1. The van der Waals surface area contributed by atoms with Crippen LogP contribution < -0.4 is 4.74 Å². The van der Waals surface area contributed by atoms with Gasteiger partial charge in [0.05, 0.1) is 29.2 Å². The maximum Gasteiger partial charge on any atom is 0.164 e. The van der Waals surface area contributed by atoms with Gasteiger partial charge in [0.25, 0.3) is 0 Å². The molecule has 0 aliphatic rings. The van der Waals surface area contributed by atoms with Crippen molar-refractivity contribution < 1.29 is 4.74 Å². The minimum Gasteiger partial charge on any atom is -0.493 e. The number of nitrogens with zero attached hydrogens (tertiary/aromatic N) is 2. The number of fused-ring (bicyclic) bond motifs is 1. The third kappa shape index (κ3) is 1.66. The highest BCUT2D eigenvalue weighted by Crippen LogP contribution is 2.33. The van der Waals surface area contributed by atoms with Gasteiger partial charge in [0.2, 0.25) is 0 Å². The van der Waals surface area contributed by atoms with E-state index in [1.165, 1.54) is 0 Å². The standard InChI is InChI=1S/C13H10N2OS/c1-16-10-7-14-11(9-5-3-2-4-6-9)13-12(10)15-8-17-13/h2-8H,1H3. The van der Waals surface area contributed by atoms with Gasteiger partial charge in [-0.3, -0.25) is 4.98 Å². The quantitative estimate of drug-likeness (QED) is 0.691. The molecule has 0 radical (unpaired) electrons. The summed E-state index contributed by atoms with van der Waals surface area (Å²) in [5, 5.41) is 0. The van der Waals surface area contributed by atoms with E-state index in [9.17, 15) is 0 Å². The average Bonchev–Trinajstić information content (AvgIpc) is 2.88. The summed E-state index contributed by atoms with van der Waals surface area (Å²) >= 11 is 1.58. The molecule has 0 aliphatic heterocycles. The molecule has 0 bridgehead atoms. The molecular weight excluding hydrogens is 232 g/mol. The highest BCUT2D eigenvalue weighted by atomic mass is 32.1. The fourth-order valence-electron chi connectivity index (χ4n) is 1.78. The second-order valence-corrected chi connectivity index (χ2v) is 4.43. The van der Waals surface area contributed by atoms with E-state index in [1.807, 2.05) is 35.8 Å². The van der Waals surface area contributed by atoms with Crippen LogP contribution in [-0.4, -0.2) is 17.1 Å². The van der Waals surface area contributed by atoms with Crippen molar-refractivity contribution in [2.75, 3.05) is 7.11 Å². The largest absolute Gasteiger partial charge is 0.493 e. The number of rotatable bonds is 2. The summed E-state index contributed by atoms with van der Waals surface area (Å²) in [6.07, 6.45) is 1.73. The number of hydrogen-bond acceptors (Lipinski definition) is 4. The molecular formula is C13H10N2OS. The number of benzene rings is 1. The van der Waals surface area contributed by atoms with E-state index >= 15 is 0 Å². The SMILES string of the molecule is COc1cnc(-c2ccccc2)c2scnc12. The van der Waals surface area contributed by atoms with Crippen LogP contribution in [0.3, 0.4) is 0 Å². The van der Waals surface area contributed by atoms with E-state index in [0.29, 0.717) is 0 Å². The summed E-state index contributed by atoms with van der Waals surface area (Å²) in [6, 6.07) is 10.1. The first kappa shape index (κ1) is 10.2. The second-order valence-electron chi connectivity index (χ2n) is 3.57. The zero-order chi connectivity index (χ0) is 11.7. The summed E-state index contributed by atoms with van der Waals surface area (Å²) in [6.45, 7) is 0. The Morgan fingerprint density at radius 3 is 2.71 bits per heavy atom. The van der Waals surface area contributed by atoms with Crippen molar-refractivity contribution in [3.63, 3.8) is 0 Å². The Morgan fingerprint density at radius 1 is 1.12 bits per heavy atom. The predicted molar refractivity (Wildman–Crippen MR) is 69.4 cm³/mol. The molecule has 0 unspecified atom stereocenters. The summed E-state index contributed by atoms with van der Waals surface area (Å²) in [5.41, 5.74) is 4.76. The molecule has 4 heteroatoms. The van der Waals surface area contributed by atoms with Crippen LogP contribution in [0.2, 0.25) is 0 Å². The van der Waals surface area contributed by atoms with Gasteiger partial charge in [-0.05, 0) is 0 Å². The molecule has 3 rings (SSSR count). The van der Waals surface area contributed by atoms with Crippen LogP contribution in [0.25, 0.3) is 21.5 Å². The number of thiazole rings is 1. The van der Waals surface area contributed by atoms with E-state index in [1.54, 1.807) is 24.6 Å². The van der Waals surface area contributed by atoms with Gasteiger partial charge in [-0.1, -0.05) is 30.3 Å². The van der Waals surface area contributed by atoms with E-state index in [0.717, 1.165) is 27.2 Å². The first-order valence-electron chi connectivity index (χ1n) is 5.22. The van der Waals surface area contributed by atoms with Gasteiger partial charge >= 0.3 is 0 Å². The third-order valence-corrected chi connectivity index (χ3v) is 3.43. The first-order chi connectivity index (χ1) is 8.40. The van der Waals surface area contributed by atoms with Gasteiger partial charge in [0, 0.05) is 5.56 Å². The molecule has 0 aliphatic carbocycles. The number of hydrogen-bond donors (Lipinski definition) is 0. The van der Waals surface area contributed by atoms with Crippen molar-refractivity contribution >= 4 is 21.6 Å². The Bertz CT molecular complexity index is 649. The average molecular weight is 242 g/mol. The molecule has 3 nitrogen and oxygen atoms in total. The Kier molecular flexibility index (Phi) is 2.49. The van der Waals surface area contributed by atoms with Crippen LogP contribution in [-0.2, 0) is 0 Å². The molecule has 0 amide bonds. The molecule has 0 atom stereocenters. The van der Waals surface area contributed by atoms with Crippen LogP contribution in [0.4, 0.5) is 0 Å². The number of ether oxygens (including phenoxy) is 1. The summed E-state index contributed by atoms with van der Waals surface area (Å²) in [4.78, 5) is 8.79. The monoisotopic (exact) mass is 242 g/mol. The van der Waals surface area contributed by atoms with E-state index in [4.69, 9.17) is 4.74 Å². The van der Waals surface area contributed by atoms with Gasteiger partial charge in [0.15, 0.2) is 5.75 Å². The van der Waals surface area contributed by atoms with Crippen LogP contribution in [0, 0.1) is 0 Å². The van der Waals surface area contributed by atoms with Gasteiger partial charge in [0.1, 0.15) is 5.52 Å².